The van der Waals surface area contributed by atoms with Crippen molar-refractivity contribution in [2.45, 2.75) is 70.1 Å². The van der Waals surface area contributed by atoms with Gasteiger partial charge in [0, 0.05) is 43.7 Å². The molecule has 3 saturated heterocycles. The molecule has 0 bridgehead atoms. The Morgan fingerprint density at radius 1 is 0.889 bits per heavy atom. The minimum atomic E-state index is -0.423. The van der Waals surface area contributed by atoms with Gasteiger partial charge in [-0.2, -0.15) is 0 Å². The molecule has 0 aliphatic carbocycles. The number of hydrogen-bond acceptors (Lipinski definition) is 7. The average molecular weight is 494 g/mol. The van der Waals surface area contributed by atoms with Gasteiger partial charge < -0.3 is 9.47 Å². The summed E-state index contributed by atoms with van der Waals surface area (Å²) in [5.41, 5.74) is 3.73. The Hall–Kier alpha value is -2.81. The lowest BCUT2D eigenvalue weighted by Gasteiger charge is -2.43. The molecule has 36 heavy (non-hydrogen) atoms. The first-order valence-electron chi connectivity index (χ1n) is 12.8. The fourth-order valence-corrected chi connectivity index (χ4v) is 6.25. The molecule has 192 valence electrons. The zero-order valence-electron chi connectivity index (χ0n) is 21.6. The lowest BCUT2D eigenvalue weighted by atomic mass is 9.73. The molecule has 0 N–H and O–H groups in total. The average Bonchev–Trinajstić information content (AvgIpc) is 3.10. The minimum absolute atomic E-state index is 0.0774. The standard InChI is InChI=1S/C28H35N3O5/c1-26(2)17-27(3,4)35-24-10-5-20(15-23(24)26)16-29-13-11-28(12-14-29)18-30(25(32)36-28)21-6-8-22(9-7-21)31-33-19-34-31/h5-10,15H,11-14,16-19H2,1-4H3. The number of benzene rings is 2. The van der Waals surface area contributed by atoms with Crippen molar-refractivity contribution in [1.82, 2.24) is 4.90 Å². The van der Waals surface area contributed by atoms with Gasteiger partial charge in [-0.3, -0.25) is 9.80 Å². The number of anilines is 2. The van der Waals surface area contributed by atoms with E-state index in [0.29, 0.717) is 6.54 Å². The van der Waals surface area contributed by atoms with Gasteiger partial charge in [0.15, 0.2) is 0 Å². The highest BCUT2D eigenvalue weighted by atomic mass is 17.1. The maximum Gasteiger partial charge on any atom is 0.415 e. The second kappa shape index (κ2) is 8.36. The summed E-state index contributed by atoms with van der Waals surface area (Å²) < 4.78 is 12.2. The third-order valence-corrected chi connectivity index (χ3v) is 7.88. The Kier molecular flexibility index (Phi) is 5.48. The summed E-state index contributed by atoms with van der Waals surface area (Å²) >= 11 is 0. The van der Waals surface area contributed by atoms with E-state index in [9.17, 15) is 4.79 Å². The number of likely N-dealkylation sites (tertiary alicyclic amines) is 1. The van der Waals surface area contributed by atoms with Crippen LogP contribution < -0.4 is 14.9 Å². The van der Waals surface area contributed by atoms with Crippen LogP contribution in [0.25, 0.3) is 0 Å². The summed E-state index contributed by atoms with van der Waals surface area (Å²) in [4.78, 5) is 27.3. The summed E-state index contributed by atoms with van der Waals surface area (Å²) in [5, 5.41) is 1.36. The Morgan fingerprint density at radius 3 is 2.25 bits per heavy atom. The molecule has 0 saturated carbocycles. The fourth-order valence-electron chi connectivity index (χ4n) is 6.25. The molecule has 8 heteroatoms. The Balaban J connectivity index is 1.09. The molecule has 0 unspecified atom stereocenters. The zero-order valence-corrected chi connectivity index (χ0v) is 21.6. The van der Waals surface area contributed by atoms with Crippen LogP contribution in [0.4, 0.5) is 16.2 Å². The zero-order chi connectivity index (χ0) is 25.1. The van der Waals surface area contributed by atoms with Gasteiger partial charge in [0.25, 0.3) is 0 Å². The third kappa shape index (κ3) is 4.31. The highest BCUT2D eigenvalue weighted by Crippen LogP contribution is 2.45. The number of ether oxygens (including phenoxy) is 2. The number of nitrogens with zero attached hydrogens (tertiary/aromatic N) is 3. The van der Waals surface area contributed by atoms with Crippen molar-refractivity contribution in [2.24, 2.45) is 0 Å². The van der Waals surface area contributed by atoms with Crippen LogP contribution in [0.15, 0.2) is 42.5 Å². The topological polar surface area (TPSA) is 63.7 Å². The summed E-state index contributed by atoms with van der Waals surface area (Å²) in [7, 11) is 0. The van der Waals surface area contributed by atoms with Gasteiger partial charge in [-0.05, 0) is 61.6 Å². The molecular weight excluding hydrogens is 458 g/mol. The molecule has 8 nitrogen and oxygen atoms in total. The van der Waals surface area contributed by atoms with Gasteiger partial charge in [0.1, 0.15) is 17.0 Å². The highest BCUT2D eigenvalue weighted by Gasteiger charge is 2.47. The van der Waals surface area contributed by atoms with Crippen LogP contribution in [0.5, 0.6) is 5.75 Å². The van der Waals surface area contributed by atoms with Gasteiger partial charge in [-0.15, -0.1) is 5.23 Å². The van der Waals surface area contributed by atoms with Crippen molar-refractivity contribution in [2.75, 3.05) is 36.6 Å². The van der Waals surface area contributed by atoms with Gasteiger partial charge >= 0.3 is 6.09 Å². The molecule has 0 radical (unpaired) electrons. The number of hydrogen-bond donors (Lipinski definition) is 0. The number of fused-ring (bicyclic) bond motifs is 1. The fraction of sp³-hybridized carbons (Fsp3) is 0.536. The molecular formula is C28H35N3O5. The van der Waals surface area contributed by atoms with Crippen LogP contribution in [0.3, 0.4) is 0 Å². The predicted octanol–water partition coefficient (Wildman–Crippen LogP) is 5.16. The first-order chi connectivity index (χ1) is 17.1. The molecule has 2 aromatic rings. The third-order valence-electron chi connectivity index (χ3n) is 7.88. The number of carbonyl (C=O) groups is 1. The maximum absolute atomic E-state index is 12.8. The van der Waals surface area contributed by atoms with Crippen molar-refractivity contribution in [1.29, 1.82) is 0 Å². The summed E-state index contributed by atoms with van der Waals surface area (Å²) in [5.74, 6) is 1.01. The number of piperidine rings is 1. The van der Waals surface area contributed by atoms with Crippen molar-refractivity contribution in [3.05, 3.63) is 53.6 Å². The van der Waals surface area contributed by atoms with Gasteiger partial charge in [-0.25, -0.2) is 14.5 Å². The molecule has 3 fully saturated rings. The van der Waals surface area contributed by atoms with Crippen molar-refractivity contribution >= 4 is 17.5 Å². The van der Waals surface area contributed by atoms with E-state index in [4.69, 9.17) is 19.1 Å². The van der Waals surface area contributed by atoms with E-state index in [1.807, 2.05) is 24.3 Å². The van der Waals surface area contributed by atoms with Crippen molar-refractivity contribution in [3.63, 3.8) is 0 Å². The van der Waals surface area contributed by atoms with Crippen LogP contribution in [-0.2, 0) is 26.4 Å². The van der Waals surface area contributed by atoms with Crippen LogP contribution in [0.2, 0.25) is 0 Å². The normalized spacial score (nSPS) is 24.2. The lowest BCUT2D eigenvalue weighted by molar-refractivity contribution is -0.277. The number of rotatable bonds is 4. The van der Waals surface area contributed by atoms with E-state index < -0.39 is 5.60 Å². The summed E-state index contributed by atoms with van der Waals surface area (Å²) in [6, 6.07) is 14.2. The summed E-state index contributed by atoms with van der Waals surface area (Å²) in [6.45, 7) is 12.5. The highest BCUT2D eigenvalue weighted by molar-refractivity contribution is 5.90. The first kappa shape index (κ1) is 23.6. The van der Waals surface area contributed by atoms with Crippen molar-refractivity contribution < 1.29 is 23.9 Å². The largest absolute Gasteiger partial charge is 0.488 e. The quantitative estimate of drug-likeness (QED) is 0.583. The molecule has 1 spiro atoms. The van der Waals surface area contributed by atoms with Crippen LogP contribution in [0, 0.1) is 0 Å². The molecule has 4 heterocycles. The second-order valence-electron chi connectivity index (χ2n) is 11.8. The SMILES string of the molecule is CC1(C)CC(C)(C)c2cc(CN3CCC4(CC3)CN(c3ccc(N5OCO5)cc3)C(=O)O4)ccc2O1. The van der Waals surface area contributed by atoms with E-state index in [1.165, 1.54) is 16.4 Å². The van der Waals surface area contributed by atoms with Gasteiger partial charge in [0.2, 0.25) is 6.79 Å². The molecule has 4 aliphatic heterocycles. The van der Waals surface area contributed by atoms with Crippen LogP contribution in [-0.4, -0.2) is 48.6 Å². The van der Waals surface area contributed by atoms with Gasteiger partial charge in [-0.1, -0.05) is 26.0 Å². The monoisotopic (exact) mass is 493 g/mol. The van der Waals surface area contributed by atoms with E-state index in [0.717, 1.165) is 56.0 Å². The van der Waals surface area contributed by atoms with E-state index in [-0.39, 0.29) is 23.9 Å². The molecule has 6 rings (SSSR count). The Bertz CT molecular complexity index is 1150. The molecule has 2 aromatic carbocycles. The Morgan fingerprint density at radius 2 is 1.58 bits per heavy atom. The lowest BCUT2D eigenvalue weighted by Crippen LogP contribution is -2.46. The predicted molar refractivity (Wildman–Crippen MR) is 136 cm³/mol. The summed E-state index contributed by atoms with van der Waals surface area (Å²) in [6.07, 6.45) is 2.38. The Labute approximate surface area is 212 Å². The van der Waals surface area contributed by atoms with E-state index >= 15 is 0 Å². The van der Waals surface area contributed by atoms with Gasteiger partial charge in [0.05, 0.1) is 12.2 Å². The second-order valence-corrected chi connectivity index (χ2v) is 11.8. The van der Waals surface area contributed by atoms with Crippen LogP contribution >= 0.6 is 0 Å². The number of amides is 1. The van der Waals surface area contributed by atoms with Crippen molar-refractivity contribution in [3.8, 4) is 5.75 Å². The van der Waals surface area contributed by atoms with E-state index in [2.05, 4.69) is 50.8 Å². The first-order valence-corrected chi connectivity index (χ1v) is 12.8. The van der Waals surface area contributed by atoms with E-state index in [1.54, 1.807) is 4.90 Å². The molecule has 4 aliphatic rings. The minimum Gasteiger partial charge on any atom is -0.488 e. The molecule has 0 atom stereocenters. The molecule has 1 amide bonds. The number of carbonyl (C=O) groups excluding carboxylic acids is 1. The molecule has 0 aromatic heterocycles. The smallest absolute Gasteiger partial charge is 0.415 e. The van der Waals surface area contributed by atoms with Crippen LogP contribution in [0.1, 0.15) is 58.1 Å². The maximum atomic E-state index is 12.8.